The molecule has 0 unspecified atom stereocenters. The number of nitrogens with zero attached hydrogens (tertiary/aromatic N) is 3. The Hall–Kier alpha value is -2.17. The van der Waals surface area contributed by atoms with Crippen LogP contribution in [0.15, 0.2) is 30.3 Å². The molecule has 0 aliphatic rings. The summed E-state index contributed by atoms with van der Waals surface area (Å²) in [5.74, 6) is 1.35. The summed E-state index contributed by atoms with van der Waals surface area (Å²) in [7, 11) is 0. The van der Waals surface area contributed by atoms with Gasteiger partial charge >= 0.3 is 0 Å². The molecule has 22 heavy (non-hydrogen) atoms. The minimum absolute atomic E-state index is 0.168. The zero-order valence-corrected chi connectivity index (χ0v) is 13.4. The quantitative estimate of drug-likeness (QED) is 0.851. The molecule has 0 fully saturated rings. The molecule has 0 saturated heterocycles. The monoisotopic (exact) mass is 302 g/mol. The number of nitrogens with one attached hydrogen (secondary N) is 1. The van der Waals surface area contributed by atoms with Crippen molar-refractivity contribution in [2.45, 2.75) is 27.2 Å². The van der Waals surface area contributed by atoms with E-state index in [0.29, 0.717) is 24.5 Å². The summed E-state index contributed by atoms with van der Waals surface area (Å²) in [6.07, 6.45) is 0.602. The second-order valence-corrected chi connectivity index (χ2v) is 5.13. The van der Waals surface area contributed by atoms with E-state index in [1.807, 2.05) is 19.1 Å². The van der Waals surface area contributed by atoms with Crippen LogP contribution < -0.4 is 10.2 Å². The average Bonchev–Trinajstić information content (AvgIpc) is 2.50. The molecule has 2 aromatic rings. The summed E-state index contributed by atoms with van der Waals surface area (Å²) in [6.45, 7) is 8.57. The van der Waals surface area contributed by atoms with Gasteiger partial charge in [-0.3, -0.25) is 0 Å². The molecule has 1 aromatic heterocycles. The maximum Gasteiger partial charge on any atom is 0.224 e. The summed E-state index contributed by atoms with van der Waals surface area (Å²) >= 11 is 0. The van der Waals surface area contributed by atoms with E-state index in [-0.39, 0.29) is 5.82 Å². The fraction of sp³-hybridized carbons (Fsp3) is 0.412. The molecular formula is C17H23FN4. The molecule has 4 nitrogen and oxygen atoms in total. The molecule has 0 atom stereocenters. The zero-order chi connectivity index (χ0) is 15.9. The Balaban J connectivity index is 2.02. The lowest BCUT2D eigenvalue weighted by molar-refractivity contribution is 0.610. The second kappa shape index (κ2) is 7.73. The van der Waals surface area contributed by atoms with Crippen molar-refractivity contribution in [3.8, 4) is 0 Å². The van der Waals surface area contributed by atoms with E-state index in [1.165, 1.54) is 6.07 Å². The minimum atomic E-state index is -0.168. The molecule has 0 amide bonds. The highest BCUT2D eigenvalue weighted by Crippen LogP contribution is 2.15. The van der Waals surface area contributed by atoms with Crippen LogP contribution in [0.25, 0.3) is 0 Å². The Kier molecular flexibility index (Phi) is 5.69. The van der Waals surface area contributed by atoms with Crippen molar-refractivity contribution >= 4 is 11.8 Å². The van der Waals surface area contributed by atoms with Crippen molar-refractivity contribution in [1.82, 2.24) is 9.97 Å². The summed E-state index contributed by atoms with van der Waals surface area (Å²) in [4.78, 5) is 11.1. The SMILES string of the molecule is CCN(CC)c1cc(C)nc(NCCc2ccccc2F)n1. The summed E-state index contributed by atoms with van der Waals surface area (Å²) in [5, 5.41) is 3.19. The van der Waals surface area contributed by atoms with Gasteiger partial charge in [-0.2, -0.15) is 4.98 Å². The Labute approximate surface area is 131 Å². The Bertz CT molecular complexity index is 611. The minimum Gasteiger partial charge on any atom is -0.357 e. The van der Waals surface area contributed by atoms with Crippen LogP contribution in [0.3, 0.4) is 0 Å². The van der Waals surface area contributed by atoms with Crippen molar-refractivity contribution < 1.29 is 4.39 Å². The predicted octanol–water partition coefficient (Wildman–Crippen LogP) is 3.42. The number of aromatic nitrogens is 2. The van der Waals surface area contributed by atoms with Crippen molar-refractivity contribution in [2.75, 3.05) is 29.9 Å². The van der Waals surface area contributed by atoms with Gasteiger partial charge in [-0.15, -0.1) is 0 Å². The molecule has 0 radical (unpaired) electrons. The zero-order valence-electron chi connectivity index (χ0n) is 13.4. The molecular weight excluding hydrogens is 279 g/mol. The van der Waals surface area contributed by atoms with Gasteiger partial charge in [-0.05, 0) is 38.8 Å². The molecule has 0 aliphatic carbocycles. The molecule has 0 aliphatic heterocycles. The van der Waals surface area contributed by atoms with Crippen LogP contribution in [0.4, 0.5) is 16.2 Å². The highest BCUT2D eigenvalue weighted by molar-refractivity contribution is 5.44. The number of rotatable bonds is 7. The fourth-order valence-electron chi connectivity index (χ4n) is 2.35. The van der Waals surface area contributed by atoms with Gasteiger partial charge in [0.25, 0.3) is 0 Å². The van der Waals surface area contributed by atoms with Gasteiger partial charge in [0.15, 0.2) is 0 Å². The van der Waals surface area contributed by atoms with Gasteiger partial charge in [0.1, 0.15) is 11.6 Å². The Morgan fingerprint density at radius 3 is 2.55 bits per heavy atom. The first-order chi connectivity index (χ1) is 10.6. The van der Waals surface area contributed by atoms with E-state index in [0.717, 1.165) is 24.6 Å². The lowest BCUT2D eigenvalue weighted by Crippen LogP contribution is -2.24. The molecule has 5 heteroatoms. The molecule has 0 bridgehead atoms. The standard InChI is InChI=1S/C17H23FN4/c1-4-22(5-2)16-12-13(3)20-17(21-16)19-11-10-14-8-6-7-9-15(14)18/h6-9,12H,4-5,10-11H2,1-3H3,(H,19,20,21). The van der Waals surface area contributed by atoms with Crippen LogP contribution in [-0.2, 0) is 6.42 Å². The van der Waals surface area contributed by atoms with Crippen LogP contribution >= 0.6 is 0 Å². The van der Waals surface area contributed by atoms with Crippen molar-refractivity contribution in [1.29, 1.82) is 0 Å². The molecule has 1 heterocycles. The maximum absolute atomic E-state index is 13.6. The van der Waals surface area contributed by atoms with E-state index < -0.39 is 0 Å². The molecule has 1 N–H and O–H groups in total. The molecule has 0 saturated carbocycles. The average molecular weight is 302 g/mol. The van der Waals surface area contributed by atoms with E-state index in [9.17, 15) is 4.39 Å². The summed E-state index contributed by atoms with van der Waals surface area (Å²) in [5.41, 5.74) is 1.62. The largest absolute Gasteiger partial charge is 0.357 e. The first-order valence-electron chi connectivity index (χ1n) is 7.72. The van der Waals surface area contributed by atoms with E-state index >= 15 is 0 Å². The van der Waals surface area contributed by atoms with E-state index in [4.69, 9.17) is 0 Å². The van der Waals surface area contributed by atoms with E-state index in [2.05, 4.69) is 34.0 Å². The third kappa shape index (κ3) is 4.16. The number of anilines is 2. The summed E-state index contributed by atoms with van der Waals surface area (Å²) < 4.78 is 13.6. The van der Waals surface area contributed by atoms with Gasteiger partial charge in [0, 0.05) is 31.4 Å². The first kappa shape index (κ1) is 16.2. The van der Waals surface area contributed by atoms with Crippen LogP contribution in [0, 0.1) is 12.7 Å². The number of hydrogen-bond acceptors (Lipinski definition) is 4. The van der Waals surface area contributed by atoms with Crippen LogP contribution in [0.2, 0.25) is 0 Å². The first-order valence-corrected chi connectivity index (χ1v) is 7.72. The Morgan fingerprint density at radius 2 is 1.86 bits per heavy atom. The third-order valence-electron chi connectivity index (χ3n) is 3.56. The van der Waals surface area contributed by atoms with Crippen molar-refractivity contribution in [3.63, 3.8) is 0 Å². The summed E-state index contributed by atoms with van der Waals surface area (Å²) in [6, 6.07) is 8.81. The molecule has 0 spiro atoms. The molecule has 1 aromatic carbocycles. The van der Waals surface area contributed by atoms with Gasteiger partial charge in [-0.1, -0.05) is 18.2 Å². The fourth-order valence-corrected chi connectivity index (χ4v) is 2.35. The molecule has 118 valence electrons. The number of hydrogen-bond donors (Lipinski definition) is 1. The highest BCUT2D eigenvalue weighted by Gasteiger charge is 2.07. The predicted molar refractivity (Wildman–Crippen MR) is 88.9 cm³/mol. The van der Waals surface area contributed by atoms with Gasteiger partial charge in [0.2, 0.25) is 5.95 Å². The normalized spacial score (nSPS) is 10.5. The van der Waals surface area contributed by atoms with Gasteiger partial charge in [-0.25, -0.2) is 9.37 Å². The van der Waals surface area contributed by atoms with E-state index in [1.54, 1.807) is 12.1 Å². The van der Waals surface area contributed by atoms with Gasteiger partial charge < -0.3 is 10.2 Å². The van der Waals surface area contributed by atoms with Crippen LogP contribution in [0.5, 0.6) is 0 Å². The topological polar surface area (TPSA) is 41.1 Å². The second-order valence-electron chi connectivity index (χ2n) is 5.13. The van der Waals surface area contributed by atoms with Gasteiger partial charge in [0.05, 0.1) is 0 Å². The Morgan fingerprint density at radius 1 is 1.14 bits per heavy atom. The maximum atomic E-state index is 13.6. The molecule has 2 rings (SSSR count). The third-order valence-corrected chi connectivity index (χ3v) is 3.56. The van der Waals surface area contributed by atoms with Crippen molar-refractivity contribution in [3.05, 3.63) is 47.4 Å². The lowest BCUT2D eigenvalue weighted by atomic mass is 10.1. The number of halogens is 1. The van der Waals surface area contributed by atoms with Crippen molar-refractivity contribution in [2.24, 2.45) is 0 Å². The lowest BCUT2D eigenvalue weighted by Gasteiger charge is -2.20. The number of aryl methyl sites for hydroxylation is 1. The van der Waals surface area contributed by atoms with Crippen LogP contribution in [-0.4, -0.2) is 29.6 Å². The highest BCUT2D eigenvalue weighted by atomic mass is 19.1. The number of benzene rings is 1. The smallest absolute Gasteiger partial charge is 0.224 e. The van der Waals surface area contributed by atoms with Crippen LogP contribution in [0.1, 0.15) is 25.1 Å².